The predicted octanol–water partition coefficient (Wildman–Crippen LogP) is 9.31. The van der Waals surface area contributed by atoms with Crippen molar-refractivity contribution in [1.82, 2.24) is 0 Å². The summed E-state index contributed by atoms with van der Waals surface area (Å²) in [5, 5.41) is 0. The lowest BCUT2D eigenvalue weighted by molar-refractivity contribution is -0.185. The molecule has 196 valence electrons. The lowest BCUT2D eigenvalue weighted by Crippen LogP contribution is -2.22. The Balaban J connectivity index is 1.29. The maximum absolute atomic E-state index is 14.9. The quantitative estimate of drug-likeness (QED) is 0.220. The zero-order valence-electron chi connectivity index (χ0n) is 20.5. The molecule has 1 heterocycles. The Labute approximate surface area is 213 Å². The van der Waals surface area contributed by atoms with Crippen molar-refractivity contribution in [1.29, 1.82) is 0 Å². The molecule has 2 aliphatic rings. The Morgan fingerprint density at radius 1 is 0.919 bits per heavy atom. The summed E-state index contributed by atoms with van der Waals surface area (Å²) in [4.78, 5) is 0. The molecule has 1 aliphatic carbocycles. The Morgan fingerprint density at radius 3 is 2.14 bits per heavy atom. The first-order valence-electron chi connectivity index (χ1n) is 12.8. The van der Waals surface area contributed by atoms with E-state index in [9.17, 15) is 22.0 Å². The number of alkyl halides is 4. The van der Waals surface area contributed by atoms with E-state index in [1.807, 2.05) is 0 Å². The first kappa shape index (κ1) is 25.7. The zero-order chi connectivity index (χ0) is 26.2. The molecule has 3 aromatic rings. The fraction of sp³-hybridized carbons (Fsp3) is 0.400. The van der Waals surface area contributed by atoms with Gasteiger partial charge in [-0.15, -0.1) is 0 Å². The second-order valence-corrected chi connectivity index (χ2v) is 9.94. The average Bonchev–Trinajstić information content (AvgIpc) is 3.74. The van der Waals surface area contributed by atoms with Crippen LogP contribution in [0, 0.1) is 11.7 Å². The van der Waals surface area contributed by atoms with E-state index in [0.29, 0.717) is 12.5 Å². The number of benzene rings is 3. The largest absolute Gasteiger partial charge is 0.429 e. The van der Waals surface area contributed by atoms with Crippen LogP contribution in [0.2, 0.25) is 0 Å². The van der Waals surface area contributed by atoms with Gasteiger partial charge in [-0.25, -0.2) is 13.2 Å². The molecule has 1 saturated heterocycles. The molecular weight excluding hydrogens is 487 g/mol. The summed E-state index contributed by atoms with van der Waals surface area (Å²) in [5.74, 6) is 0.0339. The summed E-state index contributed by atoms with van der Waals surface area (Å²) in [7, 11) is 0. The van der Waals surface area contributed by atoms with E-state index >= 15 is 0 Å². The van der Waals surface area contributed by atoms with Crippen molar-refractivity contribution in [3.63, 3.8) is 0 Å². The molecule has 37 heavy (non-hydrogen) atoms. The van der Waals surface area contributed by atoms with Crippen LogP contribution in [0.3, 0.4) is 0 Å². The normalized spacial score (nSPS) is 21.8. The van der Waals surface area contributed by atoms with Crippen LogP contribution in [0.5, 0.6) is 5.75 Å². The molecule has 0 spiro atoms. The van der Waals surface area contributed by atoms with Crippen molar-refractivity contribution in [3.8, 4) is 16.9 Å². The van der Waals surface area contributed by atoms with Crippen molar-refractivity contribution >= 4 is 0 Å². The van der Waals surface area contributed by atoms with Crippen LogP contribution < -0.4 is 4.74 Å². The lowest BCUT2D eigenvalue weighted by atomic mass is 9.78. The van der Waals surface area contributed by atoms with Crippen molar-refractivity contribution in [2.75, 3.05) is 6.61 Å². The van der Waals surface area contributed by atoms with Crippen LogP contribution >= 0.6 is 0 Å². The smallest absolute Gasteiger partial charge is 0.426 e. The van der Waals surface area contributed by atoms with E-state index < -0.39 is 30.0 Å². The molecule has 3 aromatic carbocycles. The minimum atomic E-state index is -3.58. The fourth-order valence-corrected chi connectivity index (χ4v) is 5.31. The van der Waals surface area contributed by atoms with Gasteiger partial charge in [0.2, 0.25) is 0 Å². The molecule has 1 saturated carbocycles. The molecule has 1 atom stereocenters. The van der Waals surface area contributed by atoms with Gasteiger partial charge in [0.15, 0.2) is 0 Å². The number of hydrogen-bond donors (Lipinski definition) is 0. The van der Waals surface area contributed by atoms with Crippen LogP contribution in [-0.2, 0) is 10.8 Å². The van der Waals surface area contributed by atoms with E-state index in [0.717, 1.165) is 24.3 Å². The van der Waals surface area contributed by atoms with Gasteiger partial charge in [-0.1, -0.05) is 49.7 Å². The van der Waals surface area contributed by atoms with Crippen LogP contribution in [0.1, 0.15) is 79.7 Å². The summed E-state index contributed by atoms with van der Waals surface area (Å²) < 4.78 is 82.0. The third kappa shape index (κ3) is 5.52. The number of epoxide rings is 1. The van der Waals surface area contributed by atoms with Crippen molar-refractivity contribution < 1.29 is 31.4 Å². The Morgan fingerprint density at radius 2 is 1.57 bits per heavy atom. The van der Waals surface area contributed by atoms with Gasteiger partial charge < -0.3 is 9.47 Å². The number of halogens is 5. The maximum Gasteiger partial charge on any atom is 0.426 e. The molecule has 0 aromatic heterocycles. The number of ether oxygens (including phenoxy) is 2. The first-order valence-corrected chi connectivity index (χ1v) is 12.8. The molecule has 0 radical (unpaired) electrons. The topological polar surface area (TPSA) is 21.8 Å². The van der Waals surface area contributed by atoms with E-state index in [-0.39, 0.29) is 28.0 Å². The average molecular weight is 517 g/mol. The SMILES string of the molecule is CCC1CCC(c2ccc(C(F)(F)Oc3ccc(-c4ccc(C5CO5)c(F)c4C(F)F)cc3)cc2)CC1. The van der Waals surface area contributed by atoms with Crippen LogP contribution in [0.4, 0.5) is 22.0 Å². The van der Waals surface area contributed by atoms with Gasteiger partial charge in [-0.05, 0) is 78.5 Å². The summed E-state index contributed by atoms with van der Waals surface area (Å²) in [6, 6.07) is 14.4. The van der Waals surface area contributed by atoms with Gasteiger partial charge >= 0.3 is 6.11 Å². The third-order valence-corrected chi connectivity index (χ3v) is 7.66. The van der Waals surface area contributed by atoms with Crippen LogP contribution in [0.15, 0.2) is 60.7 Å². The summed E-state index contributed by atoms with van der Waals surface area (Å²) in [6.07, 6.45) is -1.45. The Kier molecular flexibility index (Phi) is 7.26. The van der Waals surface area contributed by atoms with Crippen molar-refractivity contribution in [2.24, 2.45) is 5.92 Å². The summed E-state index contributed by atoms with van der Waals surface area (Å²) in [6.45, 7) is 2.50. The van der Waals surface area contributed by atoms with Gasteiger partial charge in [-0.2, -0.15) is 8.78 Å². The molecule has 0 amide bonds. The highest BCUT2D eigenvalue weighted by molar-refractivity contribution is 5.69. The monoisotopic (exact) mass is 516 g/mol. The molecule has 0 N–H and O–H groups in total. The molecule has 7 heteroatoms. The standard InChI is InChI=1S/C30H29F5O2/c1-2-18-3-5-19(6-4-18)20-7-11-22(12-8-20)30(34,35)37-23-13-9-21(10-14-23)24-15-16-25(26-17-36-26)28(31)27(24)29(32)33/h7-16,18-19,26,29H,2-6,17H2,1H3. The fourth-order valence-electron chi connectivity index (χ4n) is 5.31. The van der Waals surface area contributed by atoms with Crippen molar-refractivity contribution in [3.05, 3.63) is 88.7 Å². The molecule has 0 bridgehead atoms. The molecule has 2 nitrogen and oxygen atoms in total. The molecule has 1 unspecified atom stereocenters. The highest BCUT2D eigenvalue weighted by Crippen LogP contribution is 2.41. The second kappa shape index (κ2) is 10.4. The van der Waals surface area contributed by atoms with Crippen LogP contribution in [0.25, 0.3) is 11.1 Å². The van der Waals surface area contributed by atoms with Gasteiger partial charge in [0.05, 0.1) is 17.7 Å². The highest BCUT2D eigenvalue weighted by Gasteiger charge is 2.35. The molecule has 1 aliphatic heterocycles. The Bertz CT molecular complexity index is 1210. The van der Waals surface area contributed by atoms with E-state index in [2.05, 4.69) is 6.92 Å². The Hall–Kier alpha value is -2.93. The van der Waals surface area contributed by atoms with Gasteiger partial charge in [0.1, 0.15) is 17.7 Å². The summed E-state index contributed by atoms with van der Waals surface area (Å²) in [5.41, 5.74) is 0.449. The zero-order valence-corrected chi connectivity index (χ0v) is 20.5. The van der Waals surface area contributed by atoms with E-state index in [1.54, 1.807) is 12.1 Å². The second-order valence-electron chi connectivity index (χ2n) is 9.94. The number of hydrogen-bond acceptors (Lipinski definition) is 2. The molecule has 5 rings (SSSR count). The van der Waals surface area contributed by atoms with Gasteiger partial charge in [-0.3, -0.25) is 0 Å². The highest BCUT2D eigenvalue weighted by atomic mass is 19.3. The molecular formula is C30H29F5O2. The maximum atomic E-state index is 14.9. The van der Waals surface area contributed by atoms with Gasteiger partial charge in [0.25, 0.3) is 6.43 Å². The van der Waals surface area contributed by atoms with Crippen LogP contribution in [-0.4, -0.2) is 6.61 Å². The van der Waals surface area contributed by atoms with Gasteiger partial charge in [0, 0.05) is 5.56 Å². The van der Waals surface area contributed by atoms with E-state index in [4.69, 9.17) is 9.47 Å². The minimum Gasteiger partial charge on any atom is -0.429 e. The van der Waals surface area contributed by atoms with E-state index in [1.165, 1.54) is 67.8 Å². The first-order chi connectivity index (χ1) is 17.8. The lowest BCUT2D eigenvalue weighted by Gasteiger charge is -2.28. The summed E-state index contributed by atoms with van der Waals surface area (Å²) >= 11 is 0. The third-order valence-electron chi connectivity index (χ3n) is 7.66. The molecule has 2 fully saturated rings. The van der Waals surface area contributed by atoms with Crippen molar-refractivity contribution in [2.45, 2.75) is 63.6 Å². The number of rotatable bonds is 8. The predicted molar refractivity (Wildman–Crippen MR) is 131 cm³/mol. The minimum absolute atomic E-state index is 0.00114.